The predicted molar refractivity (Wildman–Crippen MR) is 76.8 cm³/mol. The predicted octanol–water partition coefficient (Wildman–Crippen LogP) is 3.95. The number of rotatable bonds is 4. The Morgan fingerprint density at radius 2 is 2.06 bits per heavy atom. The second-order valence-corrected chi connectivity index (χ2v) is 5.50. The molecule has 0 amide bonds. The minimum Gasteiger partial charge on any atom is -0.323 e. The van der Waals surface area contributed by atoms with Crippen LogP contribution in [0.4, 0.5) is 0 Å². The Hall–Kier alpha value is -1.32. The Morgan fingerprint density at radius 1 is 1.22 bits per heavy atom. The lowest BCUT2D eigenvalue weighted by atomic mass is 10.1. The van der Waals surface area contributed by atoms with Crippen LogP contribution < -0.4 is 5.73 Å². The molecule has 0 saturated carbocycles. The third kappa shape index (κ3) is 3.34. The molecule has 0 bridgehead atoms. The van der Waals surface area contributed by atoms with Crippen molar-refractivity contribution in [3.8, 4) is 0 Å². The molecule has 0 radical (unpaired) electrons. The summed E-state index contributed by atoms with van der Waals surface area (Å²) in [5, 5.41) is 0. The van der Waals surface area contributed by atoms with E-state index in [4.69, 9.17) is 5.73 Å². The average Bonchev–Trinajstić information content (AvgIpc) is 2.39. The first-order valence-corrected chi connectivity index (χ1v) is 6.96. The molecule has 1 unspecified atom stereocenters. The second-order valence-electron chi connectivity index (χ2n) is 4.35. The minimum atomic E-state index is 0.0445. The van der Waals surface area contributed by atoms with Gasteiger partial charge in [-0.15, -0.1) is 0 Å². The average molecular weight is 258 g/mol. The maximum atomic E-state index is 5.95. The molecular formula is C15H18N2S. The number of pyridine rings is 1. The summed E-state index contributed by atoms with van der Waals surface area (Å²) in [7, 11) is 0. The minimum absolute atomic E-state index is 0.0445. The van der Waals surface area contributed by atoms with E-state index in [1.165, 1.54) is 10.5 Å². The molecule has 2 nitrogen and oxygen atoms in total. The summed E-state index contributed by atoms with van der Waals surface area (Å²) in [4.78, 5) is 6.81. The fourth-order valence-electron chi connectivity index (χ4n) is 1.70. The number of hydrogen-bond donors (Lipinski definition) is 1. The van der Waals surface area contributed by atoms with Crippen LogP contribution in [-0.4, -0.2) is 4.98 Å². The Labute approximate surface area is 113 Å². The number of nitrogens with zero attached hydrogens (tertiary/aromatic N) is 1. The fraction of sp³-hybridized carbons (Fsp3) is 0.267. The lowest BCUT2D eigenvalue weighted by molar-refractivity contribution is 0.674. The van der Waals surface area contributed by atoms with E-state index in [2.05, 4.69) is 49.2 Å². The molecule has 0 saturated heterocycles. The SMILES string of the molecule is CCC(N)c1ccc(Sc2cccc(C)c2)cn1. The van der Waals surface area contributed by atoms with Crippen molar-refractivity contribution >= 4 is 11.8 Å². The number of aromatic nitrogens is 1. The smallest absolute Gasteiger partial charge is 0.0571 e. The molecule has 0 aliphatic heterocycles. The topological polar surface area (TPSA) is 38.9 Å². The Morgan fingerprint density at radius 3 is 2.67 bits per heavy atom. The van der Waals surface area contributed by atoms with Gasteiger partial charge < -0.3 is 5.73 Å². The molecule has 1 aromatic heterocycles. The van der Waals surface area contributed by atoms with E-state index in [9.17, 15) is 0 Å². The summed E-state index contributed by atoms with van der Waals surface area (Å²) in [6.45, 7) is 4.17. The van der Waals surface area contributed by atoms with Gasteiger partial charge in [0.15, 0.2) is 0 Å². The normalized spacial score (nSPS) is 12.4. The molecule has 3 heteroatoms. The van der Waals surface area contributed by atoms with Crippen LogP contribution in [-0.2, 0) is 0 Å². The van der Waals surface area contributed by atoms with E-state index in [1.807, 2.05) is 12.3 Å². The summed E-state index contributed by atoms with van der Waals surface area (Å²) in [6.07, 6.45) is 2.81. The van der Waals surface area contributed by atoms with Gasteiger partial charge in [0.05, 0.1) is 5.69 Å². The van der Waals surface area contributed by atoms with Crippen molar-refractivity contribution in [2.45, 2.75) is 36.1 Å². The van der Waals surface area contributed by atoms with Gasteiger partial charge in [0.25, 0.3) is 0 Å². The van der Waals surface area contributed by atoms with Gasteiger partial charge in [0, 0.05) is 22.0 Å². The lowest BCUT2D eigenvalue weighted by Crippen LogP contribution is -2.10. The largest absolute Gasteiger partial charge is 0.323 e. The molecule has 1 aromatic carbocycles. The number of aryl methyl sites for hydroxylation is 1. The van der Waals surface area contributed by atoms with Crippen molar-refractivity contribution in [2.24, 2.45) is 5.73 Å². The lowest BCUT2D eigenvalue weighted by Gasteiger charge is -2.08. The van der Waals surface area contributed by atoms with Crippen LogP contribution in [0.1, 0.15) is 30.6 Å². The van der Waals surface area contributed by atoms with E-state index in [0.29, 0.717) is 0 Å². The van der Waals surface area contributed by atoms with Gasteiger partial charge in [0.2, 0.25) is 0 Å². The van der Waals surface area contributed by atoms with Gasteiger partial charge in [-0.05, 0) is 37.6 Å². The van der Waals surface area contributed by atoms with E-state index in [0.717, 1.165) is 17.0 Å². The van der Waals surface area contributed by atoms with E-state index in [-0.39, 0.29) is 6.04 Å². The van der Waals surface area contributed by atoms with Crippen molar-refractivity contribution in [3.05, 3.63) is 53.9 Å². The van der Waals surface area contributed by atoms with Gasteiger partial charge in [0.1, 0.15) is 0 Å². The molecule has 0 spiro atoms. The van der Waals surface area contributed by atoms with Crippen molar-refractivity contribution in [3.63, 3.8) is 0 Å². The van der Waals surface area contributed by atoms with E-state index in [1.54, 1.807) is 11.8 Å². The van der Waals surface area contributed by atoms with Crippen molar-refractivity contribution in [1.82, 2.24) is 4.98 Å². The molecule has 0 fully saturated rings. The first-order chi connectivity index (χ1) is 8.69. The molecule has 1 heterocycles. The highest BCUT2D eigenvalue weighted by molar-refractivity contribution is 7.99. The molecule has 0 aliphatic rings. The Bertz CT molecular complexity index is 508. The second kappa shape index (κ2) is 6.03. The molecule has 2 rings (SSSR count). The zero-order valence-electron chi connectivity index (χ0n) is 10.8. The third-order valence-corrected chi connectivity index (χ3v) is 3.77. The van der Waals surface area contributed by atoms with Crippen LogP contribution in [0.15, 0.2) is 52.4 Å². The van der Waals surface area contributed by atoms with Gasteiger partial charge in [-0.1, -0.05) is 36.4 Å². The summed E-state index contributed by atoms with van der Waals surface area (Å²) in [5.74, 6) is 0. The monoisotopic (exact) mass is 258 g/mol. The molecule has 2 aromatic rings. The van der Waals surface area contributed by atoms with Crippen LogP contribution in [0.3, 0.4) is 0 Å². The van der Waals surface area contributed by atoms with Crippen LogP contribution in [0.2, 0.25) is 0 Å². The summed E-state index contributed by atoms with van der Waals surface area (Å²) in [5.41, 5.74) is 8.19. The molecule has 18 heavy (non-hydrogen) atoms. The molecule has 2 N–H and O–H groups in total. The van der Waals surface area contributed by atoms with Gasteiger partial charge in [-0.25, -0.2) is 0 Å². The molecule has 1 atom stereocenters. The highest BCUT2D eigenvalue weighted by Crippen LogP contribution is 2.28. The standard InChI is InChI=1S/C15H18N2S/c1-3-14(16)15-8-7-13(10-17-15)18-12-6-4-5-11(2)9-12/h4-10,14H,3,16H2,1-2H3. The van der Waals surface area contributed by atoms with Crippen molar-refractivity contribution in [2.75, 3.05) is 0 Å². The maximum Gasteiger partial charge on any atom is 0.0571 e. The Kier molecular flexibility index (Phi) is 4.39. The van der Waals surface area contributed by atoms with Crippen LogP contribution in [0.5, 0.6) is 0 Å². The maximum absolute atomic E-state index is 5.95. The molecular weight excluding hydrogens is 240 g/mol. The fourth-order valence-corrected chi connectivity index (χ4v) is 2.60. The van der Waals surface area contributed by atoms with Crippen LogP contribution in [0.25, 0.3) is 0 Å². The third-order valence-electron chi connectivity index (χ3n) is 2.80. The van der Waals surface area contributed by atoms with Crippen LogP contribution >= 0.6 is 11.8 Å². The van der Waals surface area contributed by atoms with Crippen LogP contribution in [0, 0.1) is 6.92 Å². The van der Waals surface area contributed by atoms with Gasteiger partial charge in [-0.3, -0.25) is 4.98 Å². The van der Waals surface area contributed by atoms with Gasteiger partial charge in [-0.2, -0.15) is 0 Å². The number of nitrogens with two attached hydrogens (primary N) is 1. The number of hydrogen-bond acceptors (Lipinski definition) is 3. The molecule has 0 aliphatic carbocycles. The van der Waals surface area contributed by atoms with E-state index >= 15 is 0 Å². The van der Waals surface area contributed by atoms with Gasteiger partial charge >= 0.3 is 0 Å². The van der Waals surface area contributed by atoms with Crippen molar-refractivity contribution < 1.29 is 0 Å². The Balaban J connectivity index is 2.11. The van der Waals surface area contributed by atoms with E-state index < -0.39 is 0 Å². The first-order valence-electron chi connectivity index (χ1n) is 6.15. The number of benzene rings is 1. The summed E-state index contributed by atoms with van der Waals surface area (Å²) < 4.78 is 0. The highest BCUT2D eigenvalue weighted by atomic mass is 32.2. The highest BCUT2D eigenvalue weighted by Gasteiger charge is 2.05. The van der Waals surface area contributed by atoms with Crippen molar-refractivity contribution in [1.29, 1.82) is 0 Å². The first kappa shape index (κ1) is 13.1. The quantitative estimate of drug-likeness (QED) is 0.902. The summed E-state index contributed by atoms with van der Waals surface area (Å²) in [6, 6.07) is 12.6. The molecule has 94 valence electrons. The zero-order chi connectivity index (χ0) is 13.0. The summed E-state index contributed by atoms with van der Waals surface area (Å²) >= 11 is 1.73. The zero-order valence-corrected chi connectivity index (χ0v) is 11.6.